The summed E-state index contributed by atoms with van der Waals surface area (Å²) in [4.78, 5) is 14.4. The average Bonchev–Trinajstić information content (AvgIpc) is 2.42. The number of carbonyl (C=O) groups excluding carboxylic acids is 1. The number of nitrogens with zero attached hydrogens (tertiary/aromatic N) is 1. The normalized spacial score (nSPS) is 23.9. The molecule has 0 spiro atoms. The lowest BCUT2D eigenvalue weighted by Gasteiger charge is -2.37. The van der Waals surface area contributed by atoms with E-state index in [0.717, 1.165) is 32.5 Å². The lowest BCUT2D eigenvalue weighted by atomic mass is 9.91. The molecule has 0 aromatic heterocycles. The molecule has 3 N–H and O–H groups in total. The van der Waals surface area contributed by atoms with Crippen LogP contribution in [0.25, 0.3) is 0 Å². The first kappa shape index (κ1) is 16.4. The second-order valence-electron chi connectivity index (χ2n) is 5.93. The van der Waals surface area contributed by atoms with E-state index in [-0.39, 0.29) is 18.0 Å². The number of unbranched alkanes of at least 4 members (excludes halogenated alkanes) is 2. The molecule has 0 aliphatic carbocycles. The highest BCUT2D eigenvalue weighted by molar-refractivity contribution is 5.81. The summed E-state index contributed by atoms with van der Waals surface area (Å²) in [6.45, 7) is 9.05. The first-order valence-corrected chi connectivity index (χ1v) is 7.83. The fourth-order valence-electron chi connectivity index (χ4n) is 2.72. The van der Waals surface area contributed by atoms with E-state index in [1.54, 1.807) is 0 Å². The quantitative estimate of drug-likeness (QED) is 0.692. The maximum Gasteiger partial charge on any atom is 0.237 e. The SMILES string of the molecule is CCCCCNC(=O)C(C)N1CCCC(C(C)N)C1. The number of likely N-dealkylation sites (tertiary alicyclic amines) is 1. The zero-order valence-corrected chi connectivity index (χ0v) is 12.8. The average molecular weight is 269 g/mol. The summed E-state index contributed by atoms with van der Waals surface area (Å²) in [5, 5.41) is 3.05. The van der Waals surface area contributed by atoms with Crippen molar-refractivity contribution in [2.75, 3.05) is 19.6 Å². The smallest absolute Gasteiger partial charge is 0.237 e. The first-order chi connectivity index (χ1) is 9.06. The number of hydrogen-bond acceptors (Lipinski definition) is 3. The van der Waals surface area contributed by atoms with Crippen LogP contribution in [-0.2, 0) is 4.79 Å². The molecule has 4 heteroatoms. The van der Waals surface area contributed by atoms with Gasteiger partial charge < -0.3 is 11.1 Å². The number of carbonyl (C=O) groups is 1. The Labute approximate surface area is 118 Å². The molecule has 3 unspecified atom stereocenters. The van der Waals surface area contributed by atoms with E-state index >= 15 is 0 Å². The van der Waals surface area contributed by atoms with Crippen molar-refractivity contribution in [3.05, 3.63) is 0 Å². The van der Waals surface area contributed by atoms with Crippen LogP contribution in [-0.4, -0.2) is 42.5 Å². The van der Waals surface area contributed by atoms with Crippen LogP contribution in [0.1, 0.15) is 52.9 Å². The van der Waals surface area contributed by atoms with Crippen LogP contribution in [0.5, 0.6) is 0 Å². The molecule has 1 heterocycles. The largest absolute Gasteiger partial charge is 0.355 e. The third kappa shape index (κ3) is 5.49. The van der Waals surface area contributed by atoms with Crippen molar-refractivity contribution in [3.8, 4) is 0 Å². The molecule has 4 nitrogen and oxygen atoms in total. The zero-order chi connectivity index (χ0) is 14.3. The summed E-state index contributed by atoms with van der Waals surface area (Å²) in [5.41, 5.74) is 5.99. The number of amides is 1. The maximum atomic E-state index is 12.1. The Morgan fingerprint density at radius 2 is 2.16 bits per heavy atom. The number of nitrogens with one attached hydrogen (secondary N) is 1. The Hall–Kier alpha value is -0.610. The number of hydrogen-bond donors (Lipinski definition) is 2. The molecule has 1 rings (SSSR count). The number of piperidine rings is 1. The zero-order valence-electron chi connectivity index (χ0n) is 12.8. The Kier molecular flexibility index (Phi) is 7.39. The topological polar surface area (TPSA) is 58.4 Å². The molecule has 1 fully saturated rings. The summed E-state index contributed by atoms with van der Waals surface area (Å²) < 4.78 is 0. The molecule has 1 saturated heterocycles. The van der Waals surface area contributed by atoms with Gasteiger partial charge in [-0.05, 0) is 45.6 Å². The molecule has 112 valence electrons. The fraction of sp³-hybridized carbons (Fsp3) is 0.933. The van der Waals surface area contributed by atoms with Gasteiger partial charge in [-0.2, -0.15) is 0 Å². The molecule has 1 amide bonds. The minimum absolute atomic E-state index is 0.0248. The summed E-state index contributed by atoms with van der Waals surface area (Å²) >= 11 is 0. The van der Waals surface area contributed by atoms with Gasteiger partial charge in [0.25, 0.3) is 0 Å². The van der Waals surface area contributed by atoms with Crippen LogP contribution in [0, 0.1) is 5.92 Å². The van der Waals surface area contributed by atoms with E-state index in [9.17, 15) is 4.79 Å². The number of rotatable bonds is 7. The van der Waals surface area contributed by atoms with Crippen LogP contribution >= 0.6 is 0 Å². The minimum atomic E-state index is -0.0248. The van der Waals surface area contributed by atoms with Gasteiger partial charge >= 0.3 is 0 Å². The van der Waals surface area contributed by atoms with Crippen molar-refractivity contribution in [1.29, 1.82) is 0 Å². The van der Waals surface area contributed by atoms with Gasteiger partial charge in [-0.1, -0.05) is 19.8 Å². The lowest BCUT2D eigenvalue weighted by molar-refractivity contribution is -0.126. The van der Waals surface area contributed by atoms with Gasteiger partial charge in [0.05, 0.1) is 6.04 Å². The third-order valence-electron chi connectivity index (χ3n) is 4.24. The van der Waals surface area contributed by atoms with Gasteiger partial charge in [-0.15, -0.1) is 0 Å². The van der Waals surface area contributed by atoms with Gasteiger partial charge in [-0.25, -0.2) is 0 Å². The molecule has 0 aromatic rings. The van der Waals surface area contributed by atoms with Crippen molar-refractivity contribution in [1.82, 2.24) is 10.2 Å². The highest BCUT2D eigenvalue weighted by Gasteiger charge is 2.28. The predicted molar refractivity (Wildman–Crippen MR) is 79.9 cm³/mol. The third-order valence-corrected chi connectivity index (χ3v) is 4.24. The van der Waals surface area contributed by atoms with Crippen LogP contribution in [0.4, 0.5) is 0 Å². The Balaban J connectivity index is 2.34. The van der Waals surface area contributed by atoms with E-state index in [1.165, 1.54) is 19.3 Å². The van der Waals surface area contributed by atoms with Crippen molar-refractivity contribution in [3.63, 3.8) is 0 Å². The highest BCUT2D eigenvalue weighted by Crippen LogP contribution is 2.20. The second kappa shape index (κ2) is 8.54. The molecule has 19 heavy (non-hydrogen) atoms. The molecule has 0 aromatic carbocycles. The molecule has 1 aliphatic rings. The van der Waals surface area contributed by atoms with Crippen molar-refractivity contribution < 1.29 is 4.79 Å². The predicted octanol–water partition coefficient (Wildman–Crippen LogP) is 1.74. The fourth-order valence-corrected chi connectivity index (χ4v) is 2.72. The maximum absolute atomic E-state index is 12.1. The van der Waals surface area contributed by atoms with Crippen molar-refractivity contribution in [2.24, 2.45) is 11.7 Å². The lowest BCUT2D eigenvalue weighted by Crippen LogP contribution is -2.51. The molecule has 0 saturated carbocycles. The van der Waals surface area contributed by atoms with Gasteiger partial charge in [0, 0.05) is 19.1 Å². The molecule has 1 aliphatic heterocycles. The van der Waals surface area contributed by atoms with Crippen LogP contribution in [0.15, 0.2) is 0 Å². The number of nitrogens with two attached hydrogens (primary N) is 1. The van der Waals surface area contributed by atoms with Crippen molar-refractivity contribution >= 4 is 5.91 Å². The van der Waals surface area contributed by atoms with Crippen LogP contribution < -0.4 is 11.1 Å². The van der Waals surface area contributed by atoms with Gasteiger partial charge in [0.15, 0.2) is 0 Å². The van der Waals surface area contributed by atoms with Crippen LogP contribution in [0.2, 0.25) is 0 Å². The van der Waals surface area contributed by atoms with E-state index in [2.05, 4.69) is 24.1 Å². The standard InChI is InChI=1S/C15H31N3O/c1-4-5-6-9-17-15(19)13(3)18-10-7-8-14(11-18)12(2)16/h12-14H,4-11,16H2,1-3H3,(H,17,19). The van der Waals surface area contributed by atoms with Gasteiger partial charge in [-0.3, -0.25) is 9.69 Å². The second-order valence-corrected chi connectivity index (χ2v) is 5.93. The highest BCUT2D eigenvalue weighted by atomic mass is 16.2. The van der Waals surface area contributed by atoms with E-state index in [0.29, 0.717) is 5.92 Å². The Morgan fingerprint density at radius 3 is 2.79 bits per heavy atom. The Bertz CT molecular complexity index is 268. The molecule has 0 bridgehead atoms. The van der Waals surface area contributed by atoms with E-state index in [1.807, 2.05) is 6.92 Å². The minimum Gasteiger partial charge on any atom is -0.355 e. The molecule has 0 radical (unpaired) electrons. The van der Waals surface area contributed by atoms with Crippen LogP contribution in [0.3, 0.4) is 0 Å². The summed E-state index contributed by atoms with van der Waals surface area (Å²) in [7, 11) is 0. The van der Waals surface area contributed by atoms with E-state index in [4.69, 9.17) is 5.73 Å². The summed E-state index contributed by atoms with van der Waals surface area (Å²) in [6.07, 6.45) is 5.80. The summed E-state index contributed by atoms with van der Waals surface area (Å²) in [6, 6.07) is 0.200. The first-order valence-electron chi connectivity index (χ1n) is 7.83. The summed E-state index contributed by atoms with van der Waals surface area (Å²) in [5.74, 6) is 0.700. The van der Waals surface area contributed by atoms with E-state index < -0.39 is 0 Å². The molecule has 3 atom stereocenters. The van der Waals surface area contributed by atoms with Gasteiger partial charge in [0.1, 0.15) is 0 Å². The van der Waals surface area contributed by atoms with Gasteiger partial charge in [0.2, 0.25) is 5.91 Å². The Morgan fingerprint density at radius 1 is 1.42 bits per heavy atom. The van der Waals surface area contributed by atoms with Crippen molar-refractivity contribution in [2.45, 2.75) is 65.0 Å². The monoisotopic (exact) mass is 269 g/mol. The molecular weight excluding hydrogens is 238 g/mol. The molecular formula is C15H31N3O.